The van der Waals surface area contributed by atoms with Gasteiger partial charge in [0.25, 0.3) is 0 Å². The summed E-state index contributed by atoms with van der Waals surface area (Å²) in [6, 6.07) is 7.22. The average Bonchev–Trinajstić information content (AvgIpc) is 2.94. The van der Waals surface area contributed by atoms with Gasteiger partial charge in [0.15, 0.2) is 0 Å². The summed E-state index contributed by atoms with van der Waals surface area (Å²) in [7, 11) is -3.68. The van der Waals surface area contributed by atoms with Crippen LogP contribution in [-0.4, -0.2) is 31.6 Å². The first kappa shape index (κ1) is 16.8. The standard InChI is InChI=1S/C15H15ClFNO3S2/c16-12-10-11(3-4-13(12)17)23(19,20)18-6-5-15(22-9-7-18)14-2-1-8-21-14/h1-4,8,10,15H,5-7,9H2/t15-/m0/s1. The Kier molecular flexibility index (Phi) is 5.01. The van der Waals surface area contributed by atoms with Crippen LogP contribution in [0.1, 0.15) is 17.4 Å². The third-order valence-electron chi connectivity index (χ3n) is 3.69. The van der Waals surface area contributed by atoms with E-state index in [4.69, 9.17) is 16.0 Å². The molecule has 1 aromatic carbocycles. The summed E-state index contributed by atoms with van der Waals surface area (Å²) < 4.78 is 45.5. The predicted octanol–water partition coefficient (Wildman–Crippen LogP) is 3.94. The zero-order chi connectivity index (χ0) is 16.4. The minimum atomic E-state index is -3.68. The summed E-state index contributed by atoms with van der Waals surface area (Å²) in [5.74, 6) is 0.897. The van der Waals surface area contributed by atoms with Crippen LogP contribution < -0.4 is 0 Å². The molecule has 2 aromatic rings. The fourth-order valence-electron chi connectivity index (χ4n) is 2.48. The summed E-state index contributed by atoms with van der Waals surface area (Å²) in [4.78, 5) is 0.0188. The van der Waals surface area contributed by atoms with Crippen LogP contribution in [0, 0.1) is 5.82 Å². The van der Waals surface area contributed by atoms with Crippen LogP contribution >= 0.6 is 23.4 Å². The minimum absolute atomic E-state index is 0.0188. The van der Waals surface area contributed by atoms with Gasteiger partial charge in [0.05, 0.1) is 21.4 Å². The number of thioether (sulfide) groups is 1. The Bertz CT molecular complexity index is 780. The van der Waals surface area contributed by atoms with Gasteiger partial charge >= 0.3 is 0 Å². The maximum absolute atomic E-state index is 13.2. The lowest BCUT2D eigenvalue weighted by Gasteiger charge is -2.20. The van der Waals surface area contributed by atoms with Crippen molar-refractivity contribution in [1.82, 2.24) is 4.31 Å². The van der Waals surface area contributed by atoms with Gasteiger partial charge in [-0.2, -0.15) is 4.31 Å². The zero-order valence-electron chi connectivity index (χ0n) is 12.1. The van der Waals surface area contributed by atoms with Crippen LogP contribution in [0.25, 0.3) is 0 Å². The van der Waals surface area contributed by atoms with E-state index in [9.17, 15) is 12.8 Å². The Morgan fingerprint density at radius 2 is 2.13 bits per heavy atom. The highest BCUT2D eigenvalue weighted by Crippen LogP contribution is 2.35. The van der Waals surface area contributed by atoms with E-state index in [1.165, 1.54) is 10.4 Å². The Hall–Kier alpha value is -1.02. The molecule has 0 saturated carbocycles. The number of halogens is 2. The molecular formula is C15H15ClFNO3S2. The van der Waals surface area contributed by atoms with Crippen LogP contribution in [-0.2, 0) is 10.0 Å². The van der Waals surface area contributed by atoms with Gasteiger partial charge in [-0.15, -0.1) is 11.8 Å². The van der Waals surface area contributed by atoms with E-state index in [0.29, 0.717) is 25.3 Å². The maximum Gasteiger partial charge on any atom is 0.243 e. The van der Waals surface area contributed by atoms with Gasteiger partial charge < -0.3 is 4.42 Å². The summed E-state index contributed by atoms with van der Waals surface area (Å²) in [5.41, 5.74) is 0. The molecule has 1 saturated heterocycles. The van der Waals surface area contributed by atoms with Crippen LogP contribution in [0.2, 0.25) is 5.02 Å². The van der Waals surface area contributed by atoms with Crippen molar-refractivity contribution in [3.8, 4) is 0 Å². The molecule has 0 radical (unpaired) electrons. The molecule has 1 fully saturated rings. The molecular weight excluding hydrogens is 361 g/mol. The molecule has 0 amide bonds. The molecule has 4 nitrogen and oxygen atoms in total. The molecule has 1 aliphatic rings. The second-order valence-corrected chi connectivity index (χ2v) is 8.80. The van der Waals surface area contributed by atoms with Gasteiger partial charge in [0.2, 0.25) is 10.0 Å². The van der Waals surface area contributed by atoms with E-state index in [2.05, 4.69) is 0 Å². The van der Waals surface area contributed by atoms with E-state index >= 15 is 0 Å². The Morgan fingerprint density at radius 1 is 1.30 bits per heavy atom. The van der Waals surface area contributed by atoms with E-state index in [-0.39, 0.29) is 15.2 Å². The summed E-state index contributed by atoms with van der Waals surface area (Å²) in [6.07, 6.45) is 2.28. The Balaban J connectivity index is 1.79. The summed E-state index contributed by atoms with van der Waals surface area (Å²) in [5, 5.41) is -0.0502. The third kappa shape index (κ3) is 3.57. The van der Waals surface area contributed by atoms with Crippen molar-refractivity contribution in [3.63, 3.8) is 0 Å². The number of rotatable bonds is 3. The number of furan rings is 1. The van der Waals surface area contributed by atoms with Gasteiger partial charge in [0, 0.05) is 18.8 Å². The van der Waals surface area contributed by atoms with Crippen molar-refractivity contribution >= 4 is 33.4 Å². The quantitative estimate of drug-likeness (QED) is 0.815. The van der Waals surface area contributed by atoms with E-state index < -0.39 is 15.8 Å². The Labute approximate surface area is 143 Å². The lowest BCUT2D eigenvalue weighted by molar-refractivity contribution is 0.417. The average molecular weight is 376 g/mol. The fourth-order valence-corrected chi connectivity index (χ4v) is 5.50. The molecule has 1 atom stereocenters. The van der Waals surface area contributed by atoms with Gasteiger partial charge in [-0.3, -0.25) is 0 Å². The molecule has 2 heterocycles. The monoisotopic (exact) mass is 375 g/mol. The largest absolute Gasteiger partial charge is 0.468 e. The summed E-state index contributed by atoms with van der Waals surface area (Å²) >= 11 is 7.38. The molecule has 8 heteroatoms. The predicted molar refractivity (Wildman–Crippen MR) is 88.7 cm³/mol. The summed E-state index contributed by atoms with van der Waals surface area (Å²) in [6.45, 7) is 0.787. The SMILES string of the molecule is O=S(=O)(c1ccc(F)c(Cl)c1)N1CCS[C@H](c2ccco2)CC1. The van der Waals surface area contributed by atoms with Crippen molar-refractivity contribution in [2.75, 3.05) is 18.8 Å². The number of hydrogen-bond donors (Lipinski definition) is 0. The van der Waals surface area contributed by atoms with Crippen molar-refractivity contribution in [2.45, 2.75) is 16.6 Å². The van der Waals surface area contributed by atoms with Gasteiger partial charge in [-0.1, -0.05) is 11.6 Å². The molecule has 0 aliphatic carbocycles. The molecule has 0 N–H and O–H groups in total. The second-order valence-electron chi connectivity index (χ2n) is 5.14. The van der Waals surface area contributed by atoms with E-state index in [1.807, 2.05) is 12.1 Å². The molecule has 23 heavy (non-hydrogen) atoms. The second kappa shape index (κ2) is 6.84. The molecule has 0 unspecified atom stereocenters. The molecule has 0 spiro atoms. The zero-order valence-corrected chi connectivity index (χ0v) is 14.5. The highest BCUT2D eigenvalue weighted by atomic mass is 35.5. The normalized spacial score (nSPS) is 20.3. The first-order chi connectivity index (χ1) is 11.0. The van der Waals surface area contributed by atoms with Crippen LogP contribution in [0.3, 0.4) is 0 Å². The van der Waals surface area contributed by atoms with Crippen molar-refractivity contribution in [1.29, 1.82) is 0 Å². The smallest absolute Gasteiger partial charge is 0.243 e. The highest BCUT2D eigenvalue weighted by molar-refractivity contribution is 7.99. The minimum Gasteiger partial charge on any atom is -0.468 e. The molecule has 1 aromatic heterocycles. The van der Waals surface area contributed by atoms with Gasteiger partial charge in [-0.05, 0) is 36.8 Å². The lowest BCUT2D eigenvalue weighted by Crippen LogP contribution is -2.33. The number of hydrogen-bond acceptors (Lipinski definition) is 4. The lowest BCUT2D eigenvalue weighted by atomic mass is 10.2. The van der Waals surface area contributed by atoms with E-state index in [0.717, 1.165) is 17.9 Å². The van der Waals surface area contributed by atoms with Crippen LogP contribution in [0.5, 0.6) is 0 Å². The number of sulfonamides is 1. The third-order valence-corrected chi connectivity index (χ3v) is 7.16. The van der Waals surface area contributed by atoms with Crippen molar-refractivity contribution in [2.24, 2.45) is 0 Å². The topological polar surface area (TPSA) is 50.5 Å². The van der Waals surface area contributed by atoms with Crippen molar-refractivity contribution < 1.29 is 17.2 Å². The number of nitrogens with zero attached hydrogens (tertiary/aromatic N) is 1. The molecule has 0 bridgehead atoms. The maximum atomic E-state index is 13.2. The molecule has 3 rings (SSSR count). The van der Waals surface area contributed by atoms with Gasteiger partial charge in [-0.25, -0.2) is 12.8 Å². The molecule has 1 aliphatic heterocycles. The first-order valence-corrected chi connectivity index (χ1v) is 9.95. The number of benzene rings is 1. The van der Waals surface area contributed by atoms with E-state index in [1.54, 1.807) is 18.0 Å². The molecule has 124 valence electrons. The van der Waals surface area contributed by atoms with Crippen molar-refractivity contribution in [3.05, 3.63) is 53.2 Å². The van der Waals surface area contributed by atoms with Gasteiger partial charge in [0.1, 0.15) is 11.6 Å². The fraction of sp³-hybridized carbons (Fsp3) is 0.333. The van der Waals surface area contributed by atoms with Crippen LogP contribution in [0.4, 0.5) is 4.39 Å². The first-order valence-electron chi connectivity index (χ1n) is 7.08. The highest BCUT2D eigenvalue weighted by Gasteiger charge is 2.29. The van der Waals surface area contributed by atoms with Crippen LogP contribution in [0.15, 0.2) is 45.9 Å². The Morgan fingerprint density at radius 3 is 2.83 bits per heavy atom.